The SMILES string of the molecule is CN(C)CC1CNCC(C)(C)CN1C1CC1. The van der Waals surface area contributed by atoms with Gasteiger partial charge in [0.25, 0.3) is 0 Å². The van der Waals surface area contributed by atoms with Crippen LogP contribution in [0.3, 0.4) is 0 Å². The van der Waals surface area contributed by atoms with Crippen molar-refractivity contribution < 1.29 is 0 Å². The second-order valence-electron chi connectivity index (χ2n) is 6.61. The van der Waals surface area contributed by atoms with E-state index >= 15 is 0 Å². The number of nitrogens with zero attached hydrogens (tertiary/aromatic N) is 2. The third kappa shape index (κ3) is 3.19. The summed E-state index contributed by atoms with van der Waals surface area (Å²) in [5, 5.41) is 3.64. The molecular formula is C13H27N3. The van der Waals surface area contributed by atoms with Crippen molar-refractivity contribution in [2.45, 2.75) is 38.8 Å². The molecule has 0 aromatic carbocycles. The van der Waals surface area contributed by atoms with Crippen LogP contribution in [0, 0.1) is 5.41 Å². The van der Waals surface area contributed by atoms with E-state index in [1.54, 1.807) is 0 Å². The molecule has 0 aromatic rings. The molecule has 3 heteroatoms. The standard InChI is InChI=1S/C13H27N3/c1-13(2)9-14-7-12(8-15(3)4)16(10-13)11-5-6-11/h11-12,14H,5-10H2,1-4H3. The molecule has 1 aliphatic heterocycles. The smallest absolute Gasteiger partial charge is 0.0350 e. The second kappa shape index (κ2) is 4.63. The molecule has 2 aliphatic rings. The highest BCUT2D eigenvalue weighted by Crippen LogP contribution is 2.33. The first-order chi connectivity index (χ1) is 7.48. The summed E-state index contributed by atoms with van der Waals surface area (Å²) in [6.07, 6.45) is 2.83. The van der Waals surface area contributed by atoms with E-state index in [4.69, 9.17) is 0 Å². The number of hydrogen-bond donors (Lipinski definition) is 1. The van der Waals surface area contributed by atoms with Gasteiger partial charge < -0.3 is 10.2 Å². The van der Waals surface area contributed by atoms with Crippen LogP contribution < -0.4 is 5.32 Å². The van der Waals surface area contributed by atoms with E-state index in [2.05, 4.69) is 43.1 Å². The summed E-state index contributed by atoms with van der Waals surface area (Å²) in [5.41, 5.74) is 0.420. The molecule has 2 rings (SSSR count). The molecule has 1 atom stereocenters. The van der Waals surface area contributed by atoms with Crippen LogP contribution in [-0.2, 0) is 0 Å². The van der Waals surface area contributed by atoms with Gasteiger partial charge in [-0.2, -0.15) is 0 Å². The number of hydrogen-bond acceptors (Lipinski definition) is 3. The number of rotatable bonds is 3. The summed E-state index contributed by atoms with van der Waals surface area (Å²) in [5.74, 6) is 0. The molecule has 1 saturated carbocycles. The van der Waals surface area contributed by atoms with Crippen LogP contribution in [-0.4, -0.2) is 62.2 Å². The Morgan fingerprint density at radius 2 is 2.00 bits per heavy atom. The third-order valence-corrected chi connectivity index (χ3v) is 3.65. The molecule has 1 N–H and O–H groups in total. The van der Waals surface area contributed by atoms with Crippen LogP contribution in [0.2, 0.25) is 0 Å². The van der Waals surface area contributed by atoms with Crippen molar-refractivity contribution in [1.82, 2.24) is 15.1 Å². The van der Waals surface area contributed by atoms with Gasteiger partial charge in [-0.05, 0) is 32.4 Å². The summed E-state index contributed by atoms with van der Waals surface area (Å²) in [4.78, 5) is 5.08. The van der Waals surface area contributed by atoms with Gasteiger partial charge in [0.1, 0.15) is 0 Å². The van der Waals surface area contributed by atoms with Gasteiger partial charge in [0.2, 0.25) is 0 Å². The zero-order valence-electron chi connectivity index (χ0n) is 11.3. The van der Waals surface area contributed by atoms with Crippen molar-refractivity contribution in [3.8, 4) is 0 Å². The Morgan fingerprint density at radius 1 is 1.31 bits per heavy atom. The average molecular weight is 225 g/mol. The van der Waals surface area contributed by atoms with Crippen LogP contribution in [0.1, 0.15) is 26.7 Å². The molecule has 1 aliphatic carbocycles. The molecular weight excluding hydrogens is 198 g/mol. The maximum atomic E-state index is 3.64. The summed E-state index contributed by atoms with van der Waals surface area (Å²) in [6.45, 7) is 9.50. The van der Waals surface area contributed by atoms with Crippen molar-refractivity contribution in [1.29, 1.82) is 0 Å². The van der Waals surface area contributed by atoms with Gasteiger partial charge in [-0.3, -0.25) is 4.90 Å². The van der Waals surface area contributed by atoms with Gasteiger partial charge in [0.05, 0.1) is 0 Å². The van der Waals surface area contributed by atoms with Crippen molar-refractivity contribution in [3.63, 3.8) is 0 Å². The van der Waals surface area contributed by atoms with E-state index < -0.39 is 0 Å². The lowest BCUT2D eigenvalue weighted by molar-refractivity contribution is 0.127. The van der Waals surface area contributed by atoms with Crippen LogP contribution in [0.4, 0.5) is 0 Å². The maximum Gasteiger partial charge on any atom is 0.0350 e. The highest BCUT2D eigenvalue weighted by molar-refractivity contribution is 4.95. The summed E-state index contributed by atoms with van der Waals surface area (Å²) >= 11 is 0. The zero-order valence-corrected chi connectivity index (χ0v) is 11.3. The monoisotopic (exact) mass is 225 g/mol. The van der Waals surface area contributed by atoms with E-state index in [1.807, 2.05) is 0 Å². The molecule has 1 heterocycles. The molecule has 0 spiro atoms. The minimum absolute atomic E-state index is 0.420. The molecule has 0 radical (unpaired) electrons. The van der Waals surface area contributed by atoms with Crippen LogP contribution in [0.5, 0.6) is 0 Å². The lowest BCUT2D eigenvalue weighted by atomic mass is 9.93. The fraction of sp³-hybridized carbons (Fsp3) is 1.00. The normalized spacial score (nSPS) is 31.7. The van der Waals surface area contributed by atoms with Gasteiger partial charge in [0.15, 0.2) is 0 Å². The molecule has 1 saturated heterocycles. The van der Waals surface area contributed by atoms with Gasteiger partial charge >= 0.3 is 0 Å². The van der Waals surface area contributed by atoms with Crippen molar-refractivity contribution in [2.24, 2.45) is 5.41 Å². The second-order valence-corrected chi connectivity index (χ2v) is 6.61. The molecule has 0 bridgehead atoms. The van der Waals surface area contributed by atoms with Crippen molar-refractivity contribution in [2.75, 3.05) is 40.3 Å². The molecule has 3 nitrogen and oxygen atoms in total. The summed E-state index contributed by atoms with van der Waals surface area (Å²) < 4.78 is 0. The Labute approximate surface area is 100 Å². The van der Waals surface area contributed by atoms with Crippen molar-refractivity contribution in [3.05, 3.63) is 0 Å². The molecule has 0 aromatic heterocycles. The first-order valence-corrected chi connectivity index (χ1v) is 6.59. The topological polar surface area (TPSA) is 18.5 Å². The van der Waals surface area contributed by atoms with E-state index in [0.29, 0.717) is 11.5 Å². The number of likely N-dealkylation sites (N-methyl/N-ethyl adjacent to an activating group) is 1. The highest BCUT2D eigenvalue weighted by Gasteiger charge is 2.38. The van der Waals surface area contributed by atoms with Crippen LogP contribution in [0.25, 0.3) is 0 Å². The first kappa shape index (κ1) is 12.3. The molecule has 1 unspecified atom stereocenters. The first-order valence-electron chi connectivity index (χ1n) is 6.59. The molecule has 94 valence electrons. The fourth-order valence-electron chi connectivity index (χ4n) is 2.80. The Kier molecular flexibility index (Phi) is 3.57. The van der Waals surface area contributed by atoms with E-state index in [9.17, 15) is 0 Å². The number of nitrogens with one attached hydrogen (secondary N) is 1. The average Bonchev–Trinajstić information content (AvgIpc) is 2.93. The predicted molar refractivity (Wildman–Crippen MR) is 68.7 cm³/mol. The zero-order chi connectivity index (χ0) is 11.8. The minimum Gasteiger partial charge on any atom is -0.315 e. The van der Waals surface area contributed by atoms with Crippen molar-refractivity contribution >= 4 is 0 Å². The van der Waals surface area contributed by atoms with Crippen LogP contribution in [0.15, 0.2) is 0 Å². The summed E-state index contributed by atoms with van der Waals surface area (Å²) in [7, 11) is 4.36. The lowest BCUT2D eigenvalue weighted by Crippen LogP contribution is -2.48. The van der Waals surface area contributed by atoms with Gasteiger partial charge in [-0.15, -0.1) is 0 Å². The molecule has 16 heavy (non-hydrogen) atoms. The predicted octanol–water partition coefficient (Wildman–Crippen LogP) is 1.01. The Balaban J connectivity index is 2.03. The van der Waals surface area contributed by atoms with Gasteiger partial charge in [-0.25, -0.2) is 0 Å². The quantitative estimate of drug-likeness (QED) is 0.773. The lowest BCUT2D eigenvalue weighted by Gasteiger charge is -2.35. The Morgan fingerprint density at radius 3 is 2.56 bits per heavy atom. The third-order valence-electron chi connectivity index (χ3n) is 3.65. The molecule has 0 amide bonds. The van der Waals surface area contributed by atoms with E-state index in [-0.39, 0.29) is 0 Å². The van der Waals surface area contributed by atoms with E-state index in [0.717, 1.165) is 19.1 Å². The highest BCUT2D eigenvalue weighted by atomic mass is 15.3. The van der Waals surface area contributed by atoms with Gasteiger partial charge in [-0.1, -0.05) is 13.8 Å². The van der Waals surface area contributed by atoms with Crippen LogP contribution >= 0.6 is 0 Å². The largest absolute Gasteiger partial charge is 0.315 e. The molecule has 2 fully saturated rings. The van der Waals surface area contributed by atoms with Gasteiger partial charge in [0, 0.05) is 38.3 Å². The van der Waals surface area contributed by atoms with E-state index in [1.165, 1.54) is 25.9 Å². The fourth-order valence-corrected chi connectivity index (χ4v) is 2.80. The Hall–Kier alpha value is -0.120. The minimum atomic E-state index is 0.420. The maximum absolute atomic E-state index is 3.64. The summed E-state index contributed by atoms with van der Waals surface area (Å²) in [6, 6.07) is 1.58. The Bertz CT molecular complexity index is 233.